The van der Waals surface area contributed by atoms with Crippen LogP contribution < -0.4 is 11.1 Å². The minimum Gasteiger partial charge on any atom is -0.368 e. The van der Waals surface area contributed by atoms with Gasteiger partial charge in [0.05, 0.1) is 0 Å². The molecule has 2 aliphatic rings. The molecule has 18 heavy (non-hydrogen) atoms. The number of hydrogen-bond acceptors (Lipinski definition) is 3. The number of primary amides is 1. The van der Waals surface area contributed by atoms with Crippen LogP contribution in [0.1, 0.15) is 44.9 Å². The van der Waals surface area contributed by atoms with Gasteiger partial charge in [-0.3, -0.25) is 9.59 Å². The molecule has 1 aliphatic heterocycles. The van der Waals surface area contributed by atoms with Gasteiger partial charge in [-0.05, 0) is 31.6 Å². The third kappa shape index (κ3) is 3.22. The van der Waals surface area contributed by atoms with Crippen LogP contribution in [0.5, 0.6) is 0 Å². The van der Waals surface area contributed by atoms with Gasteiger partial charge in [-0.2, -0.15) is 0 Å². The highest BCUT2D eigenvalue weighted by Gasteiger charge is 2.32. The summed E-state index contributed by atoms with van der Waals surface area (Å²) in [6, 6.07) is -0.526. The van der Waals surface area contributed by atoms with Crippen molar-refractivity contribution in [2.45, 2.75) is 57.1 Å². The fraction of sp³-hybridized carbons (Fsp3) is 0.846. The molecule has 0 spiro atoms. The molecule has 0 aromatic heterocycles. The van der Waals surface area contributed by atoms with Gasteiger partial charge in [0.15, 0.2) is 0 Å². The number of carbonyl (C=O) groups is 2. The zero-order valence-electron chi connectivity index (χ0n) is 10.7. The normalized spacial score (nSPS) is 26.8. The van der Waals surface area contributed by atoms with Crippen molar-refractivity contribution >= 4 is 11.8 Å². The lowest BCUT2D eigenvalue weighted by Gasteiger charge is -2.29. The number of nitrogens with one attached hydrogen (secondary N) is 1. The van der Waals surface area contributed by atoms with Crippen LogP contribution in [0.25, 0.3) is 0 Å². The molecule has 1 saturated heterocycles. The van der Waals surface area contributed by atoms with Crippen molar-refractivity contribution in [2.24, 2.45) is 11.7 Å². The van der Waals surface area contributed by atoms with Gasteiger partial charge in [0.2, 0.25) is 11.8 Å². The monoisotopic (exact) mass is 254 g/mol. The first-order valence-corrected chi connectivity index (χ1v) is 6.90. The van der Waals surface area contributed by atoms with Gasteiger partial charge in [-0.1, -0.05) is 19.3 Å². The second-order valence-electron chi connectivity index (χ2n) is 5.29. The van der Waals surface area contributed by atoms with Crippen molar-refractivity contribution < 1.29 is 14.3 Å². The maximum Gasteiger partial charge on any atom is 0.249 e. The average Bonchev–Trinajstić information content (AvgIpc) is 2.90. The molecule has 0 bridgehead atoms. The molecule has 2 fully saturated rings. The number of amides is 2. The van der Waals surface area contributed by atoms with E-state index in [2.05, 4.69) is 5.32 Å². The van der Waals surface area contributed by atoms with Crippen molar-refractivity contribution in [3.8, 4) is 0 Å². The first kappa shape index (κ1) is 13.3. The summed E-state index contributed by atoms with van der Waals surface area (Å²) in [5.41, 5.74) is 5.42. The summed E-state index contributed by atoms with van der Waals surface area (Å²) in [5, 5.41) is 2.79. The van der Waals surface area contributed by atoms with Crippen LogP contribution >= 0.6 is 0 Å². The van der Waals surface area contributed by atoms with Crippen LogP contribution in [-0.2, 0) is 14.3 Å². The molecule has 1 aliphatic carbocycles. The third-order valence-corrected chi connectivity index (χ3v) is 3.95. The predicted molar refractivity (Wildman–Crippen MR) is 66.7 cm³/mol. The van der Waals surface area contributed by atoms with Gasteiger partial charge in [0, 0.05) is 6.61 Å². The molecule has 5 nitrogen and oxygen atoms in total. The lowest BCUT2D eigenvalue weighted by molar-refractivity contribution is -0.134. The average molecular weight is 254 g/mol. The molecule has 0 radical (unpaired) electrons. The standard InChI is InChI=1S/C13H22N2O3/c14-12(16)11(9-5-2-1-3-6-9)15-13(17)10-7-4-8-18-10/h9-11H,1-8H2,(H2,14,16)(H,15,17)/t10-,11-/m1/s1. The van der Waals surface area contributed by atoms with E-state index in [1.54, 1.807) is 0 Å². The largest absolute Gasteiger partial charge is 0.368 e. The Bertz CT molecular complexity index is 307. The SMILES string of the molecule is NC(=O)[C@H](NC(=O)[C@H]1CCCO1)C1CCCCC1. The lowest BCUT2D eigenvalue weighted by atomic mass is 9.83. The Morgan fingerprint density at radius 2 is 1.83 bits per heavy atom. The van der Waals surface area contributed by atoms with Gasteiger partial charge < -0.3 is 15.8 Å². The van der Waals surface area contributed by atoms with E-state index in [-0.39, 0.29) is 11.8 Å². The van der Waals surface area contributed by atoms with E-state index < -0.39 is 18.1 Å². The van der Waals surface area contributed by atoms with E-state index in [0.29, 0.717) is 6.61 Å². The smallest absolute Gasteiger partial charge is 0.249 e. The third-order valence-electron chi connectivity index (χ3n) is 3.95. The molecule has 2 amide bonds. The second kappa shape index (κ2) is 6.18. The molecule has 5 heteroatoms. The van der Waals surface area contributed by atoms with E-state index in [1.165, 1.54) is 6.42 Å². The number of rotatable bonds is 4. The van der Waals surface area contributed by atoms with Crippen molar-refractivity contribution in [2.75, 3.05) is 6.61 Å². The predicted octanol–water partition coefficient (Wildman–Crippen LogP) is 0.716. The zero-order chi connectivity index (χ0) is 13.0. The van der Waals surface area contributed by atoms with Crippen LogP contribution in [0, 0.1) is 5.92 Å². The summed E-state index contributed by atoms with van der Waals surface area (Å²) in [6.45, 7) is 0.628. The number of hydrogen-bond donors (Lipinski definition) is 2. The fourth-order valence-corrected chi connectivity index (χ4v) is 2.92. The Balaban J connectivity index is 1.92. The summed E-state index contributed by atoms with van der Waals surface area (Å²) in [6.07, 6.45) is 6.63. The summed E-state index contributed by atoms with van der Waals surface area (Å²) in [5.74, 6) is -0.406. The van der Waals surface area contributed by atoms with Gasteiger partial charge in [-0.15, -0.1) is 0 Å². The second-order valence-corrected chi connectivity index (χ2v) is 5.29. The zero-order valence-corrected chi connectivity index (χ0v) is 10.7. The minimum atomic E-state index is -0.526. The molecular weight excluding hydrogens is 232 g/mol. The molecule has 2 rings (SSSR count). The number of carbonyl (C=O) groups excluding carboxylic acids is 2. The molecule has 1 heterocycles. The lowest BCUT2D eigenvalue weighted by Crippen LogP contribution is -2.52. The molecule has 0 aromatic carbocycles. The molecule has 102 valence electrons. The van der Waals surface area contributed by atoms with Crippen LogP contribution in [0.3, 0.4) is 0 Å². The maximum absolute atomic E-state index is 12.0. The van der Waals surface area contributed by atoms with Gasteiger partial charge >= 0.3 is 0 Å². The van der Waals surface area contributed by atoms with Crippen molar-refractivity contribution in [3.05, 3.63) is 0 Å². The van der Waals surface area contributed by atoms with Crippen LogP contribution in [0.4, 0.5) is 0 Å². The Morgan fingerprint density at radius 3 is 2.39 bits per heavy atom. The summed E-state index contributed by atoms with van der Waals surface area (Å²) >= 11 is 0. The summed E-state index contributed by atoms with van der Waals surface area (Å²) in [7, 11) is 0. The highest BCUT2D eigenvalue weighted by Crippen LogP contribution is 2.26. The van der Waals surface area contributed by atoms with Crippen molar-refractivity contribution in [1.82, 2.24) is 5.32 Å². The Labute approximate surface area is 107 Å². The van der Waals surface area contributed by atoms with E-state index in [0.717, 1.165) is 38.5 Å². The van der Waals surface area contributed by atoms with E-state index >= 15 is 0 Å². The Hall–Kier alpha value is -1.10. The Kier molecular flexibility index (Phi) is 4.58. The minimum absolute atomic E-state index is 0.179. The van der Waals surface area contributed by atoms with E-state index in [1.807, 2.05) is 0 Å². The van der Waals surface area contributed by atoms with E-state index in [4.69, 9.17) is 10.5 Å². The molecule has 1 saturated carbocycles. The maximum atomic E-state index is 12.0. The fourth-order valence-electron chi connectivity index (χ4n) is 2.92. The highest BCUT2D eigenvalue weighted by atomic mass is 16.5. The summed E-state index contributed by atoms with van der Waals surface area (Å²) < 4.78 is 5.32. The molecule has 3 N–H and O–H groups in total. The molecule has 0 unspecified atom stereocenters. The first-order valence-electron chi connectivity index (χ1n) is 6.90. The van der Waals surface area contributed by atoms with Gasteiger partial charge in [-0.25, -0.2) is 0 Å². The highest BCUT2D eigenvalue weighted by molar-refractivity contribution is 5.88. The summed E-state index contributed by atoms with van der Waals surface area (Å²) in [4.78, 5) is 23.5. The van der Waals surface area contributed by atoms with E-state index in [9.17, 15) is 9.59 Å². The van der Waals surface area contributed by atoms with Gasteiger partial charge in [0.25, 0.3) is 0 Å². The number of ether oxygens (including phenoxy) is 1. The van der Waals surface area contributed by atoms with Crippen LogP contribution in [-0.4, -0.2) is 30.6 Å². The molecule has 0 aromatic rings. The quantitative estimate of drug-likeness (QED) is 0.775. The van der Waals surface area contributed by atoms with Crippen molar-refractivity contribution in [3.63, 3.8) is 0 Å². The number of nitrogens with two attached hydrogens (primary N) is 1. The topological polar surface area (TPSA) is 81.4 Å². The van der Waals surface area contributed by atoms with Gasteiger partial charge in [0.1, 0.15) is 12.1 Å². The molecule has 2 atom stereocenters. The molecular formula is C13H22N2O3. The van der Waals surface area contributed by atoms with Crippen LogP contribution in [0.15, 0.2) is 0 Å². The first-order chi connectivity index (χ1) is 8.68. The van der Waals surface area contributed by atoms with Crippen LogP contribution in [0.2, 0.25) is 0 Å². The van der Waals surface area contributed by atoms with Crippen molar-refractivity contribution in [1.29, 1.82) is 0 Å². The Morgan fingerprint density at radius 1 is 1.11 bits per heavy atom.